The SMILES string of the molecule is O=C(OCC(=O)N(Cc1ccccc1)Cc1ccccc1)c1ccc(CSc2nc3ccccc3s2)cc1. The molecule has 7 heteroatoms. The van der Waals surface area contributed by atoms with Crippen LogP contribution in [0.15, 0.2) is 114 Å². The summed E-state index contributed by atoms with van der Waals surface area (Å²) in [6.45, 7) is 0.563. The van der Waals surface area contributed by atoms with Crippen LogP contribution in [0.3, 0.4) is 0 Å². The summed E-state index contributed by atoms with van der Waals surface area (Å²) in [4.78, 5) is 32.1. The Labute approximate surface area is 230 Å². The molecule has 1 heterocycles. The van der Waals surface area contributed by atoms with Crippen LogP contribution in [0.25, 0.3) is 10.2 Å². The number of amides is 1. The number of hydrogen-bond acceptors (Lipinski definition) is 6. The van der Waals surface area contributed by atoms with Crippen LogP contribution in [-0.2, 0) is 28.4 Å². The molecule has 0 bridgehead atoms. The first-order valence-corrected chi connectivity index (χ1v) is 14.0. The monoisotopic (exact) mass is 538 g/mol. The Morgan fingerprint density at radius 2 is 1.34 bits per heavy atom. The second-order valence-electron chi connectivity index (χ2n) is 8.73. The number of hydrogen-bond donors (Lipinski definition) is 0. The van der Waals surface area contributed by atoms with Crippen molar-refractivity contribution in [2.75, 3.05) is 6.61 Å². The van der Waals surface area contributed by atoms with E-state index in [1.165, 1.54) is 4.70 Å². The van der Waals surface area contributed by atoms with E-state index in [-0.39, 0.29) is 12.5 Å². The molecule has 5 nitrogen and oxygen atoms in total. The van der Waals surface area contributed by atoms with Crippen LogP contribution < -0.4 is 0 Å². The van der Waals surface area contributed by atoms with Crippen molar-refractivity contribution in [3.63, 3.8) is 0 Å². The number of nitrogens with zero attached hydrogens (tertiary/aromatic N) is 2. The second kappa shape index (κ2) is 12.5. The van der Waals surface area contributed by atoms with Gasteiger partial charge in [-0.1, -0.05) is 96.7 Å². The molecule has 5 rings (SSSR count). The Kier molecular flexibility index (Phi) is 8.48. The van der Waals surface area contributed by atoms with Crippen LogP contribution in [0, 0.1) is 0 Å². The van der Waals surface area contributed by atoms with E-state index in [9.17, 15) is 9.59 Å². The van der Waals surface area contributed by atoms with Crippen molar-refractivity contribution < 1.29 is 14.3 Å². The zero-order valence-corrected chi connectivity index (χ0v) is 22.3. The molecule has 1 aromatic heterocycles. The number of rotatable bonds is 10. The van der Waals surface area contributed by atoms with Crippen molar-refractivity contribution in [1.29, 1.82) is 0 Å². The quantitative estimate of drug-likeness (QED) is 0.142. The van der Waals surface area contributed by atoms with Gasteiger partial charge in [0.25, 0.3) is 5.91 Å². The summed E-state index contributed by atoms with van der Waals surface area (Å²) in [5, 5.41) is 0. The fourth-order valence-electron chi connectivity index (χ4n) is 3.94. The van der Waals surface area contributed by atoms with Gasteiger partial charge in [0.1, 0.15) is 0 Å². The third-order valence-electron chi connectivity index (χ3n) is 5.94. The number of thioether (sulfide) groups is 1. The van der Waals surface area contributed by atoms with Crippen LogP contribution in [0.4, 0.5) is 0 Å². The first-order chi connectivity index (χ1) is 18.6. The van der Waals surface area contributed by atoms with E-state index in [4.69, 9.17) is 4.74 Å². The average Bonchev–Trinajstić information content (AvgIpc) is 3.39. The second-order valence-corrected chi connectivity index (χ2v) is 11.0. The lowest BCUT2D eigenvalue weighted by molar-refractivity contribution is -0.135. The third-order valence-corrected chi connectivity index (χ3v) is 8.19. The number of benzene rings is 4. The minimum Gasteiger partial charge on any atom is -0.452 e. The predicted octanol–water partition coefficient (Wildman–Crippen LogP) is 6.97. The zero-order valence-electron chi connectivity index (χ0n) is 20.7. The number of carbonyl (C=O) groups excluding carboxylic acids is 2. The summed E-state index contributed by atoms with van der Waals surface area (Å²) >= 11 is 3.35. The highest BCUT2D eigenvalue weighted by atomic mass is 32.2. The highest BCUT2D eigenvalue weighted by molar-refractivity contribution is 8.00. The van der Waals surface area contributed by atoms with Crippen LogP contribution in [-0.4, -0.2) is 28.4 Å². The summed E-state index contributed by atoms with van der Waals surface area (Å²) in [5.74, 6) is -0.000288. The highest BCUT2D eigenvalue weighted by Gasteiger charge is 2.18. The lowest BCUT2D eigenvalue weighted by atomic mass is 10.1. The topological polar surface area (TPSA) is 59.5 Å². The lowest BCUT2D eigenvalue weighted by Crippen LogP contribution is -2.33. The third kappa shape index (κ3) is 6.88. The largest absolute Gasteiger partial charge is 0.452 e. The molecule has 0 saturated heterocycles. The molecule has 190 valence electrons. The molecule has 0 atom stereocenters. The Morgan fingerprint density at radius 1 is 0.737 bits per heavy atom. The first-order valence-electron chi connectivity index (χ1n) is 12.2. The van der Waals surface area contributed by atoms with Gasteiger partial charge in [-0.3, -0.25) is 4.79 Å². The molecule has 1 amide bonds. The minimum absolute atomic E-state index is 0.241. The fraction of sp³-hybridized carbons (Fsp3) is 0.129. The number of aromatic nitrogens is 1. The van der Waals surface area contributed by atoms with Crippen molar-refractivity contribution in [1.82, 2.24) is 9.88 Å². The summed E-state index contributed by atoms with van der Waals surface area (Å²) in [7, 11) is 0. The Morgan fingerprint density at radius 3 is 1.97 bits per heavy atom. The van der Waals surface area contributed by atoms with Crippen molar-refractivity contribution >= 4 is 45.2 Å². The molecule has 0 radical (unpaired) electrons. The van der Waals surface area contributed by atoms with Gasteiger partial charge in [-0.25, -0.2) is 9.78 Å². The van der Waals surface area contributed by atoms with E-state index in [2.05, 4.69) is 11.1 Å². The van der Waals surface area contributed by atoms with Gasteiger partial charge in [0.05, 0.1) is 15.8 Å². The molecule has 0 aliphatic rings. The standard InChI is InChI=1S/C31H26N2O3S2/c34-29(33(19-23-9-3-1-4-10-23)20-24-11-5-2-6-12-24)21-36-30(35)26-17-15-25(16-18-26)22-37-31-32-27-13-7-8-14-28(27)38-31/h1-18H,19-22H2. The first kappa shape index (κ1) is 25.7. The number of carbonyl (C=O) groups is 2. The van der Waals surface area contributed by atoms with Gasteiger partial charge in [0.15, 0.2) is 10.9 Å². The normalized spacial score (nSPS) is 10.8. The Hall–Kier alpha value is -3.94. The molecule has 4 aromatic carbocycles. The molecular weight excluding hydrogens is 512 g/mol. The number of thiazole rings is 1. The summed E-state index contributed by atoms with van der Waals surface area (Å²) in [5.41, 5.74) is 4.55. The van der Waals surface area contributed by atoms with Gasteiger partial charge in [-0.15, -0.1) is 11.3 Å². The lowest BCUT2D eigenvalue weighted by Gasteiger charge is -2.23. The smallest absolute Gasteiger partial charge is 0.338 e. The molecular formula is C31H26N2O3S2. The van der Waals surface area contributed by atoms with Crippen molar-refractivity contribution in [3.05, 3.63) is 131 Å². The number of ether oxygens (including phenoxy) is 1. The molecule has 0 saturated carbocycles. The maximum absolute atomic E-state index is 13.1. The molecule has 0 spiro atoms. The van der Waals surface area contributed by atoms with E-state index >= 15 is 0 Å². The Bertz CT molecular complexity index is 1430. The Balaban J connectivity index is 1.16. The van der Waals surface area contributed by atoms with Crippen molar-refractivity contribution in [3.8, 4) is 0 Å². The molecule has 0 unspecified atom stereocenters. The van der Waals surface area contributed by atoms with Gasteiger partial charge in [-0.05, 0) is 41.0 Å². The van der Waals surface area contributed by atoms with Gasteiger partial charge in [0, 0.05) is 18.8 Å². The number of esters is 1. The average molecular weight is 539 g/mol. The van der Waals surface area contributed by atoms with Crippen LogP contribution in [0.2, 0.25) is 0 Å². The van der Waals surface area contributed by atoms with Gasteiger partial charge >= 0.3 is 5.97 Å². The maximum Gasteiger partial charge on any atom is 0.338 e. The fourth-order valence-corrected chi connectivity index (χ4v) is 5.96. The maximum atomic E-state index is 13.1. The minimum atomic E-state index is -0.511. The summed E-state index contributed by atoms with van der Waals surface area (Å²) in [6, 6.07) is 35.0. The molecule has 0 N–H and O–H groups in total. The van der Waals surface area contributed by atoms with Crippen molar-refractivity contribution in [2.24, 2.45) is 0 Å². The van der Waals surface area contributed by atoms with Crippen LogP contribution in [0.5, 0.6) is 0 Å². The molecule has 0 aliphatic heterocycles. The highest BCUT2D eigenvalue weighted by Crippen LogP contribution is 2.31. The molecule has 5 aromatic rings. The van der Waals surface area contributed by atoms with Gasteiger partial charge < -0.3 is 9.64 Å². The van der Waals surface area contributed by atoms with Crippen LogP contribution in [0.1, 0.15) is 27.0 Å². The molecule has 0 fully saturated rings. The van der Waals surface area contributed by atoms with Crippen LogP contribution >= 0.6 is 23.1 Å². The molecule has 38 heavy (non-hydrogen) atoms. The zero-order chi connectivity index (χ0) is 26.2. The van der Waals surface area contributed by atoms with E-state index < -0.39 is 5.97 Å². The van der Waals surface area contributed by atoms with E-state index in [1.54, 1.807) is 40.1 Å². The van der Waals surface area contributed by atoms with E-state index in [0.29, 0.717) is 18.7 Å². The number of para-hydroxylation sites is 1. The van der Waals surface area contributed by atoms with Crippen molar-refractivity contribution in [2.45, 2.75) is 23.2 Å². The van der Waals surface area contributed by atoms with E-state index in [1.807, 2.05) is 91.0 Å². The summed E-state index contributed by atoms with van der Waals surface area (Å²) in [6.07, 6.45) is 0. The predicted molar refractivity (Wildman–Crippen MR) is 153 cm³/mol. The van der Waals surface area contributed by atoms with Gasteiger partial charge in [-0.2, -0.15) is 0 Å². The number of fused-ring (bicyclic) bond motifs is 1. The summed E-state index contributed by atoms with van der Waals surface area (Å²) < 4.78 is 7.60. The molecule has 0 aliphatic carbocycles. The van der Waals surface area contributed by atoms with E-state index in [0.717, 1.165) is 32.3 Å². The van der Waals surface area contributed by atoms with Gasteiger partial charge in [0.2, 0.25) is 0 Å².